The molecular formula is C16H15F4NO2S. The van der Waals surface area contributed by atoms with Crippen LogP contribution in [0.1, 0.15) is 23.6 Å². The molecule has 0 heterocycles. The Morgan fingerprint density at radius 2 is 1.79 bits per heavy atom. The normalized spacial score (nSPS) is 12.2. The molecule has 0 atom stereocenters. The highest BCUT2D eigenvalue weighted by atomic mass is 32.2. The van der Waals surface area contributed by atoms with Crippen molar-refractivity contribution in [1.82, 2.24) is 0 Å². The van der Waals surface area contributed by atoms with E-state index >= 15 is 0 Å². The summed E-state index contributed by atoms with van der Waals surface area (Å²) in [6.07, 6.45) is -4.44. The number of sulfonamides is 1. The molecule has 0 aliphatic rings. The van der Waals surface area contributed by atoms with Crippen molar-refractivity contribution in [2.24, 2.45) is 0 Å². The molecule has 130 valence electrons. The van der Waals surface area contributed by atoms with E-state index in [0.717, 1.165) is 6.07 Å². The Bertz CT molecular complexity index is 861. The van der Waals surface area contributed by atoms with E-state index in [1.54, 1.807) is 25.1 Å². The van der Waals surface area contributed by atoms with Gasteiger partial charge in [-0.05, 0) is 42.7 Å². The molecule has 0 aliphatic heterocycles. The molecule has 0 bridgehead atoms. The van der Waals surface area contributed by atoms with Crippen LogP contribution in [0.15, 0.2) is 41.3 Å². The number of aryl methyl sites for hydroxylation is 2. The molecule has 0 aliphatic carbocycles. The highest BCUT2D eigenvalue weighted by Crippen LogP contribution is 2.33. The zero-order valence-corrected chi connectivity index (χ0v) is 13.7. The molecule has 0 saturated heterocycles. The van der Waals surface area contributed by atoms with Crippen LogP contribution in [0.2, 0.25) is 0 Å². The monoisotopic (exact) mass is 361 g/mol. The highest BCUT2D eigenvalue weighted by molar-refractivity contribution is 7.92. The van der Waals surface area contributed by atoms with Gasteiger partial charge >= 0.3 is 6.18 Å². The van der Waals surface area contributed by atoms with Gasteiger partial charge < -0.3 is 0 Å². The summed E-state index contributed by atoms with van der Waals surface area (Å²) in [4.78, 5) is -0.651. The van der Waals surface area contributed by atoms with E-state index in [1.807, 2.05) is 6.92 Å². The lowest BCUT2D eigenvalue weighted by molar-refractivity contribution is -0.140. The minimum absolute atomic E-state index is 0.293. The largest absolute Gasteiger partial charge is 0.419 e. The number of benzene rings is 2. The summed E-state index contributed by atoms with van der Waals surface area (Å²) in [5.74, 6) is -1.52. The van der Waals surface area contributed by atoms with Gasteiger partial charge in [0.1, 0.15) is 5.82 Å². The molecule has 0 spiro atoms. The summed E-state index contributed by atoms with van der Waals surface area (Å²) < 4.78 is 78.8. The smallest absolute Gasteiger partial charge is 0.279 e. The molecule has 2 rings (SSSR count). The van der Waals surface area contributed by atoms with E-state index in [2.05, 4.69) is 4.72 Å². The fourth-order valence-corrected chi connectivity index (χ4v) is 3.45. The fourth-order valence-electron chi connectivity index (χ4n) is 2.25. The third-order valence-corrected chi connectivity index (χ3v) is 4.88. The average Bonchev–Trinajstić information content (AvgIpc) is 2.48. The van der Waals surface area contributed by atoms with E-state index in [-0.39, 0.29) is 0 Å². The number of para-hydroxylation sites is 1. The van der Waals surface area contributed by atoms with Crippen LogP contribution < -0.4 is 4.72 Å². The van der Waals surface area contributed by atoms with Gasteiger partial charge in [-0.1, -0.05) is 25.1 Å². The van der Waals surface area contributed by atoms with Crippen molar-refractivity contribution in [3.8, 4) is 0 Å². The van der Waals surface area contributed by atoms with Crippen LogP contribution in [0.3, 0.4) is 0 Å². The van der Waals surface area contributed by atoms with Crippen LogP contribution >= 0.6 is 0 Å². The summed E-state index contributed by atoms with van der Waals surface area (Å²) >= 11 is 0. The second-order valence-corrected chi connectivity index (χ2v) is 6.89. The quantitative estimate of drug-likeness (QED) is 0.814. The molecule has 0 unspecified atom stereocenters. The minimum Gasteiger partial charge on any atom is -0.279 e. The summed E-state index contributed by atoms with van der Waals surface area (Å²) in [5, 5.41) is 0. The molecule has 2 aromatic carbocycles. The summed E-state index contributed by atoms with van der Waals surface area (Å²) in [5.41, 5.74) is 0.0385. The summed E-state index contributed by atoms with van der Waals surface area (Å²) in [6, 6.07) is 6.75. The maximum Gasteiger partial charge on any atom is 0.419 e. The average molecular weight is 361 g/mol. The Kier molecular flexibility index (Phi) is 4.89. The second kappa shape index (κ2) is 6.43. The first-order valence-corrected chi connectivity index (χ1v) is 8.52. The topological polar surface area (TPSA) is 46.2 Å². The first kappa shape index (κ1) is 18.3. The van der Waals surface area contributed by atoms with Crippen molar-refractivity contribution in [1.29, 1.82) is 0 Å². The summed E-state index contributed by atoms with van der Waals surface area (Å²) in [6.45, 7) is 3.51. The molecule has 2 aromatic rings. The number of hydrogen-bond acceptors (Lipinski definition) is 2. The Balaban J connectivity index is 2.50. The molecule has 0 fully saturated rings. The predicted molar refractivity (Wildman–Crippen MR) is 82.8 cm³/mol. The molecule has 0 saturated carbocycles. The molecule has 0 radical (unpaired) electrons. The van der Waals surface area contributed by atoms with Gasteiger partial charge in [-0.15, -0.1) is 0 Å². The molecule has 3 nitrogen and oxygen atoms in total. The van der Waals surface area contributed by atoms with Crippen molar-refractivity contribution < 1.29 is 26.0 Å². The van der Waals surface area contributed by atoms with Gasteiger partial charge in [0.05, 0.1) is 16.1 Å². The zero-order chi connectivity index (χ0) is 18.1. The van der Waals surface area contributed by atoms with Crippen LogP contribution in [0, 0.1) is 12.7 Å². The standard InChI is InChI=1S/C16H15F4NO2S/c1-3-11-6-4-5-10(2)15(11)21-24(22,23)12-7-8-14(17)13(9-12)16(18,19)20/h4-9,21H,3H2,1-2H3. The Morgan fingerprint density at radius 1 is 1.12 bits per heavy atom. The lowest BCUT2D eigenvalue weighted by atomic mass is 10.1. The lowest BCUT2D eigenvalue weighted by Gasteiger charge is -2.15. The zero-order valence-electron chi connectivity index (χ0n) is 12.9. The molecular weight excluding hydrogens is 346 g/mol. The van der Waals surface area contributed by atoms with Crippen LogP contribution in [-0.2, 0) is 22.6 Å². The van der Waals surface area contributed by atoms with Gasteiger partial charge in [-0.3, -0.25) is 4.72 Å². The Labute approximate surface area is 137 Å². The van der Waals surface area contributed by atoms with Crippen molar-refractivity contribution in [2.75, 3.05) is 4.72 Å². The van der Waals surface area contributed by atoms with Crippen LogP contribution in [0.25, 0.3) is 0 Å². The number of hydrogen-bond donors (Lipinski definition) is 1. The van der Waals surface area contributed by atoms with Crippen molar-refractivity contribution in [2.45, 2.75) is 31.3 Å². The number of halogens is 4. The van der Waals surface area contributed by atoms with Crippen molar-refractivity contribution in [3.63, 3.8) is 0 Å². The van der Waals surface area contributed by atoms with E-state index in [4.69, 9.17) is 0 Å². The van der Waals surface area contributed by atoms with E-state index in [9.17, 15) is 26.0 Å². The van der Waals surface area contributed by atoms with Gasteiger partial charge in [0.2, 0.25) is 0 Å². The second-order valence-electron chi connectivity index (χ2n) is 5.21. The van der Waals surface area contributed by atoms with Crippen molar-refractivity contribution >= 4 is 15.7 Å². The molecule has 0 aromatic heterocycles. The van der Waals surface area contributed by atoms with E-state index < -0.39 is 32.5 Å². The molecule has 8 heteroatoms. The highest BCUT2D eigenvalue weighted by Gasteiger charge is 2.35. The Morgan fingerprint density at radius 3 is 2.38 bits per heavy atom. The van der Waals surface area contributed by atoms with Crippen LogP contribution in [0.4, 0.5) is 23.2 Å². The molecule has 24 heavy (non-hydrogen) atoms. The number of nitrogens with one attached hydrogen (secondary N) is 1. The fraction of sp³-hybridized carbons (Fsp3) is 0.250. The van der Waals surface area contributed by atoms with Crippen molar-refractivity contribution in [3.05, 3.63) is 58.9 Å². The third kappa shape index (κ3) is 3.69. The summed E-state index contributed by atoms with van der Waals surface area (Å²) in [7, 11) is -4.28. The number of rotatable bonds is 4. The van der Waals surface area contributed by atoms with Gasteiger partial charge in [-0.2, -0.15) is 13.2 Å². The molecule has 0 amide bonds. The van der Waals surface area contributed by atoms with E-state index in [1.165, 1.54) is 0 Å². The third-order valence-electron chi connectivity index (χ3n) is 3.53. The van der Waals surface area contributed by atoms with Gasteiger partial charge in [0.25, 0.3) is 10.0 Å². The number of anilines is 1. The maximum absolute atomic E-state index is 13.3. The van der Waals surface area contributed by atoms with E-state index in [0.29, 0.717) is 35.4 Å². The lowest BCUT2D eigenvalue weighted by Crippen LogP contribution is -2.17. The minimum atomic E-state index is -4.98. The Hall–Kier alpha value is -2.09. The first-order valence-electron chi connectivity index (χ1n) is 7.04. The van der Waals surface area contributed by atoms with Gasteiger partial charge in [0, 0.05) is 0 Å². The maximum atomic E-state index is 13.3. The SMILES string of the molecule is CCc1cccc(C)c1NS(=O)(=O)c1ccc(F)c(C(F)(F)F)c1. The van der Waals surface area contributed by atoms with Crippen LogP contribution in [-0.4, -0.2) is 8.42 Å². The van der Waals surface area contributed by atoms with Crippen LogP contribution in [0.5, 0.6) is 0 Å². The predicted octanol–water partition coefficient (Wildman–Crippen LogP) is 4.52. The molecule has 1 N–H and O–H groups in total. The number of alkyl halides is 3. The van der Waals surface area contributed by atoms with Gasteiger partial charge in [-0.25, -0.2) is 12.8 Å². The van der Waals surface area contributed by atoms with Gasteiger partial charge in [0.15, 0.2) is 0 Å². The first-order chi connectivity index (χ1) is 11.1.